The number of hydrogen-bond donors (Lipinski definition) is 2. The van der Waals surface area contributed by atoms with E-state index in [1.165, 1.54) is 5.56 Å². The average Bonchev–Trinajstić information content (AvgIpc) is 3.31. The van der Waals surface area contributed by atoms with Crippen LogP contribution < -0.4 is 10.2 Å². The molecular weight excluding hydrogens is 438 g/mol. The van der Waals surface area contributed by atoms with Gasteiger partial charge in [0.15, 0.2) is 0 Å². The first kappa shape index (κ1) is 22.2. The van der Waals surface area contributed by atoms with Gasteiger partial charge in [-0.1, -0.05) is 6.07 Å². The lowest BCUT2D eigenvalue weighted by Gasteiger charge is -2.28. The molecule has 2 fully saturated rings. The molecule has 8 nitrogen and oxygen atoms in total. The van der Waals surface area contributed by atoms with Crippen molar-refractivity contribution in [3.05, 3.63) is 71.9 Å². The van der Waals surface area contributed by atoms with Gasteiger partial charge in [-0.3, -0.25) is 9.88 Å². The number of aromatic amines is 1. The number of morpholine rings is 1. The zero-order valence-electron chi connectivity index (χ0n) is 19.9. The highest BCUT2D eigenvalue weighted by Gasteiger charge is 2.14. The summed E-state index contributed by atoms with van der Waals surface area (Å²) in [5.74, 6) is 1.94. The number of nitrogens with zero attached hydrogens (tertiary/aromatic N) is 5. The number of nitrogens with one attached hydrogen (secondary N) is 2. The van der Waals surface area contributed by atoms with Crippen LogP contribution in [0.3, 0.4) is 0 Å². The molecule has 180 valence electrons. The molecule has 8 heteroatoms. The fourth-order valence-electron chi connectivity index (χ4n) is 4.91. The molecule has 2 saturated heterocycles. The van der Waals surface area contributed by atoms with Crippen LogP contribution in [0.5, 0.6) is 0 Å². The second kappa shape index (κ2) is 10.1. The average molecular weight is 470 g/mol. The van der Waals surface area contributed by atoms with E-state index >= 15 is 0 Å². The summed E-state index contributed by atoms with van der Waals surface area (Å²) in [6, 6.07) is 15.0. The summed E-state index contributed by atoms with van der Waals surface area (Å²) in [7, 11) is 0. The van der Waals surface area contributed by atoms with Crippen molar-refractivity contribution < 1.29 is 4.74 Å². The molecule has 0 amide bonds. The fraction of sp³-hybridized carbons (Fsp3) is 0.370. The Hall–Kier alpha value is -3.33. The van der Waals surface area contributed by atoms with Gasteiger partial charge in [0, 0.05) is 70.3 Å². The van der Waals surface area contributed by atoms with Crippen molar-refractivity contribution in [2.24, 2.45) is 0 Å². The van der Waals surface area contributed by atoms with Gasteiger partial charge in [-0.15, -0.1) is 0 Å². The molecule has 4 aromatic rings. The van der Waals surface area contributed by atoms with Crippen LogP contribution in [0, 0.1) is 0 Å². The van der Waals surface area contributed by atoms with Gasteiger partial charge in [-0.05, 0) is 53.1 Å². The first-order chi connectivity index (χ1) is 17.3. The summed E-state index contributed by atoms with van der Waals surface area (Å²) in [6.45, 7) is 8.54. The van der Waals surface area contributed by atoms with Crippen LogP contribution in [0.2, 0.25) is 0 Å². The van der Waals surface area contributed by atoms with E-state index in [1.54, 1.807) is 0 Å². The van der Waals surface area contributed by atoms with Crippen molar-refractivity contribution in [3.63, 3.8) is 0 Å². The number of anilines is 1. The second-order valence-electron chi connectivity index (χ2n) is 9.28. The maximum atomic E-state index is 5.48. The third-order valence-corrected chi connectivity index (χ3v) is 6.79. The van der Waals surface area contributed by atoms with E-state index in [2.05, 4.69) is 72.5 Å². The predicted octanol–water partition coefficient (Wildman–Crippen LogP) is 2.85. The van der Waals surface area contributed by atoms with Crippen molar-refractivity contribution in [2.75, 3.05) is 57.4 Å². The lowest BCUT2D eigenvalue weighted by Crippen LogP contribution is -2.42. The Kier molecular flexibility index (Phi) is 6.40. The molecule has 0 atom stereocenters. The first-order valence-corrected chi connectivity index (χ1v) is 12.4. The van der Waals surface area contributed by atoms with E-state index < -0.39 is 0 Å². The van der Waals surface area contributed by atoms with Gasteiger partial charge < -0.3 is 19.9 Å². The number of hydrogen-bond acceptors (Lipinski definition) is 7. The van der Waals surface area contributed by atoms with Gasteiger partial charge in [-0.25, -0.2) is 9.97 Å². The SMILES string of the molecule is c1cc(CN2CCNCC2)cc(Cc2nc3ccc(-c4ccnc(N5CCOCC5)c4)cc3[nH]2)n1. The highest BCUT2D eigenvalue weighted by molar-refractivity contribution is 5.82. The number of rotatable bonds is 6. The minimum atomic E-state index is 0.690. The smallest absolute Gasteiger partial charge is 0.129 e. The quantitative estimate of drug-likeness (QED) is 0.449. The monoisotopic (exact) mass is 469 g/mol. The number of pyridine rings is 2. The Bertz CT molecular complexity index is 1290. The molecule has 3 aromatic heterocycles. The zero-order valence-corrected chi connectivity index (χ0v) is 19.9. The molecule has 0 aliphatic carbocycles. The van der Waals surface area contributed by atoms with Crippen molar-refractivity contribution in [1.29, 1.82) is 0 Å². The maximum Gasteiger partial charge on any atom is 0.129 e. The Morgan fingerprint density at radius 2 is 1.69 bits per heavy atom. The van der Waals surface area contributed by atoms with Crippen LogP contribution in [0.25, 0.3) is 22.2 Å². The lowest BCUT2D eigenvalue weighted by molar-refractivity contribution is 0.122. The molecule has 2 aliphatic rings. The largest absolute Gasteiger partial charge is 0.378 e. The number of aromatic nitrogens is 4. The Morgan fingerprint density at radius 1 is 0.857 bits per heavy atom. The summed E-state index contributed by atoms with van der Waals surface area (Å²) in [5, 5.41) is 3.41. The minimum absolute atomic E-state index is 0.690. The number of imidazole rings is 1. The van der Waals surface area contributed by atoms with E-state index in [1.807, 2.05) is 12.4 Å². The molecule has 0 saturated carbocycles. The maximum absolute atomic E-state index is 5.48. The normalized spacial score (nSPS) is 17.2. The van der Waals surface area contributed by atoms with Gasteiger partial charge in [0.25, 0.3) is 0 Å². The summed E-state index contributed by atoms with van der Waals surface area (Å²) in [6.07, 6.45) is 4.50. The number of benzene rings is 1. The zero-order chi connectivity index (χ0) is 23.5. The van der Waals surface area contributed by atoms with Gasteiger partial charge in [-0.2, -0.15) is 0 Å². The molecular formula is C27H31N7O. The van der Waals surface area contributed by atoms with Crippen LogP contribution in [-0.4, -0.2) is 77.3 Å². The second-order valence-corrected chi connectivity index (χ2v) is 9.28. The summed E-state index contributed by atoms with van der Waals surface area (Å²) in [5.41, 5.74) is 6.68. The molecule has 0 bridgehead atoms. The van der Waals surface area contributed by atoms with E-state index in [0.29, 0.717) is 6.42 Å². The van der Waals surface area contributed by atoms with Crippen LogP contribution in [-0.2, 0) is 17.7 Å². The molecule has 6 rings (SSSR count). The van der Waals surface area contributed by atoms with Crippen molar-refractivity contribution >= 4 is 16.9 Å². The first-order valence-electron chi connectivity index (χ1n) is 12.4. The molecule has 1 aromatic carbocycles. The van der Waals surface area contributed by atoms with Crippen molar-refractivity contribution in [1.82, 2.24) is 30.2 Å². The van der Waals surface area contributed by atoms with Gasteiger partial charge in [0.05, 0.1) is 24.2 Å². The fourth-order valence-corrected chi connectivity index (χ4v) is 4.91. The van der Waals surface area contributed by atoms with E-state index in [4.69, 9.17) is 9.72 Å². The summed E-state index contributed by atoms with van der Waals surface area (Å²) >= 11 is 0. The summed E-state index contributed by atoms with van der Waals surface area (Å²) < 4.78 is 5.48. The molecule has 5 heterocycles. The Labute approximate surface area is 205 Å². The molecule has 35 heavy (non-hydrogen) atoms. The van der Waals surface area contributed by atoms with Crippen LogP contribution >= 0.6 is 0 Å². The molecule has 2 N–H and O–H groups in total. The molecule has 0 radical (unpaired) electrons. The number of H-pyrrole nitrogens is 1. The van der Waals surface area contributed by atoms with E-state index in [0.717, 1.165) is 98.5 Å². The van der Waals surface area contributed by atoms with E-state index in [-0.39, 0.29) is 0 Å². The van der Waals surface area contributed by atoms with Crippen LogP contribution in [0.15, 0.2) is 54.9 Å². The number of fused-ring (bicyclic) bond motifs is 1. The highest BCUT2D eigenvalue weighted by Crippen LogP contribution is 2.26. The highest BCUT2D eigenvalue weighted by atomic mass is 16.5. The Balaban J connectivity index is 1.19. The van der Waals surface area contributed by atoms with E-state index in [9.17, 15) is 0 Å². The topological polar surface area (TPSA) is 82.2 Å². The van der Waals surface area contributed by atoms with Crippen molar-refractivity contribution in [2.45, 2.75) is 13.0 Å². The van der Waals surface area contributed by atoms with Gasteiger partial charge in [0.1, 0.15) is 11.6 Å². The molecule has 2 aliphatic heterocycles. The third-order valence-electron chi connectivity index (χ3n) is 6.79. The van der Waals surface area contributed by atoms with Crippen LogP contribution in [0.1, 0.15) is 17.1 Å². The van der Waals surface area contributed by atoms with Crippen LogP contribution in [0.4, 0.5) is 5.82 Å². The minimum Gasteiger partial charge on any atom is -0.378 e. The van der Waals surface area contributed by atoms with Gasteiger partial charge in [0.2, 0.25) is 0 Å². The standard InChI is InChI=1S/C27H31N7O/c1-2-24-25(16-21(1)22-4-6-30-27(17-22)34-11-13-35-14-12-34)32-26(31-24)18-23-15-20(3-5-29-23)19-33-9-7-28-8-10-33/h1-6,15-17,28H,7-14,18-19H2,(H,31,32). The van der Waals surface area contributed by atoms with Gasteiger partial charge >= 0.3 is 0 Å². The lowest BCUT2D eigenvalue weighted by atomic mass is 10.1. The third kappa shape index (κ3) is 5.19. The molecule has 0 unspecified atom stereocenters. The molecule has 0 spiro atoms. The Morgan fingerprint density at radius 3 is 2.57 bits per heavy atom. The number of piperazine rings is 1. The predicted molar refractivity (Wildman–Crippen MR) is 138 cm³/mol. The van der Waals surface area contributed by atoms with Crippen molar-refractivity contribution in [3.8, 4) is 11.1 Å². The summed E-state index contributed by atoms with van der Waals surface area (Å²) in [4.78, 5) is 22.3. The number of ether oxygens (including phenoxy) is 1.